The topological polar surface area (TPSA) is 151 Å². The largest absolute Gasteiger partial charge is 0.474 e. The maximum absolute atomic E-state index is 14.5. The van der Waals surface area contributed by atoms with Crippen LogP contribution in [0, 0.1) is 21.7 Å². The lowest BCUT2D eigenvalue weighted by atomic mass is 10.2. The molecule has 0 fully saturated rings. The van der Waals surface area contributed by atoms with Gasteiger partial charge >= 0.3 is 5.69 Å². The van der Waals surface area contributed by atoms with Crippen LogP contribution in [-0.4, -0.2) is 42.9 Å². The maximum Gasteiger partial charge on any atom is 0.314 e. The Morgan fingerprint density at radius 1 is 1.29 bits per heavy atom. The second-order valence-corrected chi connectivity index (χ2v) is 6.64. The predicted octanol–water partition coefficient (Wildman–Crippen LogP) is 3.06. The van der Waals surface area contributed by atoms with Gasteiger partial charge in [0, 0.05) is 6.07 Å². The number of H-pyrrole nitrogens is 1. The van der Waals surface area contributed by atoms with E-state index in [4.69, 9.17) is 4.74 Å². The molecule has 0 spiro atoms. The minimum atomic E-state index is -0.987. The highest BCUT2D eigenvalue weighted by molar-refractivity contribution is 5.64. The smallest absolute Gasteiger partial charge is 0.314 e. The van der Waals surface area contributed by atoms with Crippen LogP contribution in [0.1, 0.15) is 25.6 Å². The molecule has 0 aromatic carbocycles. The Kier molecular flexibility index (Phi) is 6.55. The van der Waals surface area contributed by atoms with Gasteiger partial charge in [-0.3, -0.25) is 20.2 Å². The van der Waals surface area contributed by atoms with Crippen molar-refractivity contribution in [2.24, 2.45) is 0 Å². The third-order valence-electron chi connectivity index (χ3n) is 3.92. The first-order chi connectivity index (χ1) is 14.8. The number of ether oxygens (including phenoxy) is 1. The predicted molar refractivity (Wildman–Crippen MR) is 106 cm³/mol. The lowest BCUT2D eigenvalue weighted by Crippen LogP contribution is -2.18. The van der Waals surface area contributed by atoms with Gasteiger partial charge in [0.15, 0.2) is 11.6 Å². The van der Waals surface area contributed by atoms with E-state index in [-0.39, 0.29) is 35.1 Å². The number of aromatic amines is 1. The maximum atomic E-state index is 14.5. The third kappa shape index (κ3) is 5.39. The van der Waals surface area contributed by atoms with Crippen LogP contribution in [0.25, 0.3) is 0 Å². The summed E-state index contributed by atoms with van der Waals surface area (Å²) in [6.07, 6.45) is 0.811. The molecule has 0 amide bonds. The Balaban J connectivity index is 1.90. The van der Waals surface area contributed by atoms with E-state index in [1.54, 1.807) is 0 Å². The van der Waals surface area contributed by atoms with Crippen molar-refractivity contribution < 1.29 is 23.5 Å². The zero-order chi connectivity index (χ0) is 22.5. The van der Waals surface area contributed by atoms with Crippen LogP contribution in [0.5, 0.6) is 5.88 Å². The van der Waals surface area contributed by atoms with Gasteiger partial charge in [0.1, 0.15) is 11.6 Å². The molecule has 4 N–H and O–H groups in total. The molecule has 3 rings (SSSR count). The molecule has 31 heavy (non-hydrogen) atoms. The summed E-state index contributed by atoms with van der Waals surface area (Å²) in [5, 5.41) is 32.8. The van der Waals surface area contributed by atoms with Gasteiger partial charge in [-0.05, 0) is 26.0 Å². The fourth-order valence-electron chi connectivity index (χ4n) is 2.58. The molecule has 0 aliphatic heterocycles. The lowest BCUT2D eigenvalue weighted by molar-refractivity contribution is -0.384. The fourth-order valence-corrected chi connectivity index (χ4v) is 2.58. The molecule has 0 radical (unpaired) electrons. The highest BCUT2D eigenvalue weighted by atomic mass is 19.1. The van der Waals surface area contributed by atoms with Gasteiger partial charge in [-0.1, -0.05) is 0 Å². The second kappa shape index (κ2) is 9.30. The van der Waals surface area contributed by atoms with Gasteiger partial charge in [0.25, 0.3) is 0 Å². The fraction of sp³-hybridized carbons (Fsp3) is 0.278. The Hall–Kier alpha value is -3.87. The van der Waals surface area contributed by atoms with Gasteiger partial charge in [0.05, 0.1) is 41.6 Å². The standard InChI is InChI=1S/C18H19F2N7O4/c1-9(2)31-16-6-15(25-26-16)23-17-11(20)5-14(27(29)30)18(24-17)22-13(8-28)12-4-3-10(19)7-21-12/h3-7,9,13,28H,8H2,1-2H3,(H3,22,23,24,25,26)/t13-/m0/s1. The number of nitro groups is 1. The van der Waals surface area contributed by atoms with Crippen LogP contribution >= 0.6 is 0 Å². The molecular formula is C18H19F2N7O4. The number of hydrogen-bond donors (Lipinski definition) is 4. The van der Waals surface area contributed by atoms with E-state index in [9.17, 15) is 24.0 Å². The summed E-state index contributed by atoms with van der Waals surface area (Å²) < 4.78 is 33.0. The van der Waals surface area contributed by atoms with Gasteiger partial charge in [0.2, 0.25) is 11.7 Å². The van der Waals surface area contributed by atoms with Gasteiger partial charge in [-0.2, -0.15) is 0 Å². The normalized spacial score (nSPS) is 11.9. The van der Waals surface area contributed by atoms with E-state index >= 15 is 0 Å². The van der Waals surface area contributed by atoms with E-state index in [2.05, 4.69) is 30.8 Å². The van der Waals surface area contributed by atoms with E-state index in [1.807, 2.05) is 13.8 Å². The Bertz CT molecular complexity index is 1060. The minimum absolute atomic E-state index is 0.128. The number of rotatable bonds is 9. The molecule has 13 heteroatoms. The molecule has 0 aliphatic rings. The number of aromatic nitrogens is 4. The molecule has 3 aromatic rings. The van der Waals surface area contributed by atoms with E-state index in [0.29, 0.717) is 6.07 Å². The molecule has 0 unspecified atom stereocenters. The first-order valence-corrected chi connectivity index (χ1v) is 9.09. The van der Waals surface area contributed by atoms with Gasteiger partial charge in [-0.25, -0.2) is 13.8 Å². The van der Waals surface area contributed by atoms with E-state index < -0.39 is 34.9 Å². The molecular weight excluding hydrogens is 416 g/mol. The Labute approximate surface area is 174 Å². The van der Waals surface area contributed by atoms with Crippen LogP contribution in [-0.2, 0) is 0 Å². The van der Waals surface area contributed by atoms with Crippen molar-refractivity contribution >= 4 is 23.1 Å². The lowest BCUT2D eigenvalue weighted by Gasteiger charge is -2.17. The zero-order valence-corrected chi connectivity index (χ0v) is 16.5. The summed E-state index contributed by atoms with van der Waals surface area (Å²) in [5.74, 6) is -1.73. The van der Waals surface area contributed by atoms with Crippen LogP contribution in [0.2, 0.25) is 0 Å². The van der Waals surface area contributed by atoms with Crippen molar-refractivity contribution in [2.75, 3.05) is 17.2 Å². The first kappa shape index (κ1) is 21.8. The molecule has 0 saturated carbocycles. The molecule has 0 aliphatic carbocycles. The number of halogens is 2. The Morgan fingerprint density at radius 3 is 2.68 bits per heavy atom. The number of nitrogens with zero attached hydrogens (tertiary/aromatic N) is 4. The molecule has 3 aromatic heterocycles. The molecule has 0 saturated heterocycles. The molecule has 11 nitrogen and oxygen atoms in total. The minimum Gasteiger partial charge on any atom is -0.474 e. The average molecular weight is 435 g/mol. The summed E-state index contributed by atoms with van der Waals surface area (Å²) in [6.45, 7) is 3.09. The van der Waals surface area contributed by atoms with Crippen molar-refractivity contribution in [3.05, 3.63) is 57.9 Å². The van der Waals surface area contributed by atoms with Crippen LogP contribution in [0.3, 0.4) is 0 Å². The van der Waals surface area contributed by atoms with Gasteiger partial charge < -0.3 is 20.5 Å². The van der Waals surface area contributed by atoms with Crippen molar-refractivity contribution in [3.63, 3.8) is 0 Å². The summed E-state index contributed by atoms with van der Waals surface area (Å²) >= 11 is 0. The summed E-state index contributed by atoms with van der Waals surface area (Å²) in [7, 11) is 0. The molecule has 164 valence electrons. The van der Waals surface area contributed by atoms with Crippen molar-refractivity contribution in [1.82, 2.24) is 20.2 Å². The van der Waals surface area contributed by atoms with Gasteiger partial charge in [-0.15, -0.1) is 5.10 Å². The number of aliphatic hydroxyl groups is 1. The second-order valence-electron chi connectivity index (χ2n) is 6.64. The summed E-state index contributed by atoms with van der Waals surface area (Å²) in [4.78, 5) is 18.4. The third-order valence-corrected chi connectivity index (χ3v) is 3.92. The molecule has 3 heterocycles. The number of hydrogen-bond acceptors (Lipinski definition) is 9. The van der Waals surface area contributed by atoms with E-state index in [1.165, 1.54) is 12.1 Å². The highest BCUT2D eigenvalue weighted by Gasteiger charge is 2.24. The van der Waals surface area contributed by atoms with Crippen LogP contribution < -0.4 is 15.4 Å². The van der Waals surface area contributed by atoms with Crippen LogP contribution in [0.15, 0.2) is 30.5 Å². The van der Waals surface area contributed by atoms with Crippen LogP contribution in [0.4, 0.5) is 31.9 Å². The Morgan fingerprint density at radius 2 is 2.06 bits per heavy atom. The highest BCUT2D eigenvalue weighted by Crippen LogP contribution is 2.31. The quantitative estimate of drug-likeness (QED) is 0.293. The number of anilines is 3. The van der Waals surface area contributed by atoms with Crippen molar-refractivity contribution in [1.29, 1.82) is 0 Å². The van der Waals surface area contributed by atoms with E-state index in [0.717, 1.165) is 12.3 Å². The number of aliphatic hydroxyl groups excluding tert-OH is 1. The zero-order valence-electron chi connectivity index (χ0n) is 16.5. The average Bonchev–Trinajstić information content (AvgIpc) is 3.14. The number of nitrogens with one attached hydrogen (secondary N) is 3. The number of pyridine rings is 2. The van der Waals surface area contributed by atoms with Crippen molar-refractivity contribution in [3.8, 4) is 5.88 Å². The monoisotopic (exact) mass is 435 g/mol. The SMILES string of the molecule is CC(C)Oc1cc(Nc2nc(N[C@@H](CO)c3ccc(F)cn3)c([N+](=O)[O-])cc2F)[nH]n1. The summed E-state index contributed by atoms with van der Waals surface area (Å²) in [5.41, 5.74) is -0.445. The first-order valence-electron chi connectivity index (χ1n) is 9.09. The summed E-state index contributed by atoms with van der Waals surface area (Å²) in [6, 6.07) is 3.63. The molecule has 0 bridgehead atoms. The molecule has 1 atom stereocenters. The van der Waals surface area contributed by atoms with Crippen molar-refractivity contribution in [2.45, 2.75) is 26.0 Å².